The summed E-state index contributed by atoms with van der Waals surface area (Å²) in [5.41, 5.74) is 6.43. The van der Waals surface area contributed by atoms with Gasteiger partial charge in [-0.2, -0.15) is 0 Å². The monoisotopic (exact) mass is 262 g/mol. The van der Waals surface area contributed by atoms with E-state index >= 15 is 0 Å². The predicted octanol–water partition coefficient (Wildman–Crippen LogP) is -0.435. The van der Waals surface area contributed by atoms with E-state index in [4.69, 9.17) is 5.73 Å². The molecule has 100 valence electrons. The van der Waals surface area contributed by atoms with Gasteiger partial charge in [-0.1, -0.05) is 0 Å². The van der Waals surface area contributed by atoms with E-state index in [0.717, 1.165) is 0 Å². The van der Waals surface area contributed by atoms with Crippen molar-refractivity contribution < 1.29 is 9.59 Å². The zero-order valence-corrected chi connectivity index (χ0v) is 10.4. The lowest BCUT2D eigenvalue weighted by Gasteiger charge is -2.04. The Kier molecular flexibility index (Phi) is 3.37. The predicted molar refractivity (Wildman–Crippen MR) is 69.8 cm³/mol. The third-order valence-corrected chi connectivity index (χ3v) is 2.78. The Hall–Kier alpha value is -2.57. The second-order valence-electron chi connectivity index (χ2n) is 4.06. The highest BCUT2D eigenvalue weighted by Gasteiger charge is 2.10. The van der Waals surface area contributed by atoms with Crippen molar-refractivity contribution in [3.63, 3.8) is 0 Å². The lowest BCUT2D eigenvalue weighted by molar-refractivity contribution is -0.117. The smallest absolute Gasteiger partial charge is 0.326 e. The van der Waals surface area contributed by atoms with Crippen LogP contribution in [-0.2, 0) is 11.3 Å². The number of hydrogen-bond donors (Lipinski definition) is 3. The molecule has 7 nitrogen and oxygen atoms in total. The van der Waals surface area contributed by atoms with Crippen LogP contribution in [-0.4, -0.2) is 27.9 Å². The number of carbonyl (C=O) groups excluding carboxylic acids is 2. The summed E-state index contributed by atoms with van der Waals surface area (Å²) in [6.45, 7) is 2.13. The number of primary amides is 1. The van der Waals surface area contributed by atoms with Gasteiger partial charge in [0.05, 0.1) is 17.6 Å². The number of aromatic nitrogens is 2. The Balaban J connectivity index is 2.37. The first kappa shape index (κ1) is 12.9. The summed E-state index contributed by atoms with van der Waals surface area (Å²) in [5.74, 6) is -1.02. The van der Waals surface area contributed by atoms with E-state index in [2.05, 4.69) is 10.3 Å². The number of nitrogens with one attached hydrogen (secondary N) is 2. The van der Waals surface area contributed by atoms with Crippen LogP contribution in [0.2, 0.25) is 0 Å². The van der Waals surface area contributed by atoms with Crippen LogP contribution >= 0.6 is 0 Å². The summed E-state index contributed by atoms with van der Waals surface area (Å²) < 4.78 is 1.53. The molecule has 0 aliphatic carbocycles. The number of aryl methyl sites for hydroxylation is 1. The van der Waals surface area contributed by atoms with E-state index in [1.54, 1.807) is 18.2 Å². The first-order valence-electron chi connectivity index (χ1n) is 5.82. The van der Waals surface area contributed by atoms with Crippen LogP contribution in [0.15, 0.2) is 23.0 Å². The number of imidazole rings is 1. The Bertz CT molecular complexity index is 699. The molecule has 1 heterocycles. The second-order valence-corrected chi connectivity index (χ2v) is 4.06. The van der Waals surface area contributed by atoms with Crippen LogP contribution in [0, 0.1) is 0 Å². The van der Waals surface area contributed by atoms with Crippen molar-refractivity contribution in [2.24, 2.45) is 5.73 Å². The molecule has 0 bridgehead atoms. The summed E-state index contributed by atoms with van der Waals surface area (Å²) >= 11 is 0. The van der Waals surface area contributed by atoms with Crippen molar-refractivity contribution in [3.05, 3.63) is 34.2 Å². The number of carbonyl (C=O) groups is 2. The first-order valence-corrected chi connectivity index (χ1v) is 5.82. The van der Waals surface area contributed by atoms with Gasteiger partial charge in [0.2, 0.25) is 5.91 Å². The van der Waals surface area contributed by atoms with Crippen LogP contribution in [0.3, 0.4) is 0 Å². The molecule has 2 aromatic rings. The zero-order valence-electron chi connectivity index (χ0n) is 10.4. The molecule has 0 unspecified atom stereocenters. The summed E-state index contributed by atoms with van der Waals surface area (Å²) in [6, 6.07) is 4.84. The van der Waals surface area contributed by atoms with Gasteiger partial charge < -0.3 is 16.0 Å². The Labute approximate surface area is 108 Å². The summed E-state index contributed by atoms with van der Waals surface area (Å²) in [4.78, 5) is 36.7. The van der Waals surface area contributed by atoms with Gasteiger partial charge in [0.25, 0.3) is 5.91 Å². The summed E-state index contributed by atoms with van der Waals surface area (Å²) in [7, 11) is 0. The number of hydrogen-bond acceptors (Lipinski definition) is 3. The molecular weight excluding hydrogens is 248 g/mol. The molecule has 2 amide bonds. The molecule has 0 spiro atoms. The number of rotatable bonds is 4. The molecule has 0 saturated heterocycles. The number of fused-ring (bicyclic) bond motifs is 1. The average Bonchev–Trinajstić information content (AvgIpc) is 2.70. The number of aromatic amines is 1. The quantitative estimate of drug-likeness (QED) is 0.695. The minimum atomic E-state index is -0.610. The van der Waals surface area contributed by atoms with Crippen LogP contribution in [0.4, 0.5) is 0 Å². The maximum atomic E-state index is 11.8. The highest BCUT2D eigenvalue weighted by atomic mass is 16.2. The van der Waals surface area contributed by atoms with Crippen LogP contribution in [0.5, 0.6) is 0 Å². The maximum absolute atomic E-state index is 11.8. The van der Waals surface area contributed by atoms with Crippen molar-refractivity contribution in [1.29, 1.82) is 0 Å². The molecular formula is C12H14N4O3. The number of amides is 2. The van der Waals surface area contributed by atoms with E-state index in [-0.39, 0.29) is 12.2 Å². The van der Waals surface area contributed by atoms with Gasteiger partial charge in [-0.25, -0.2) is 4.79 Å². The van der Waals surface area contributed by atoms with Crippen molar-refractivity contribution >= 4 is 22.8 Å². The molecule has 2 rings (SSSR count). The van der Waals surface area contributed by atoms with E-state index in [1.165, 1.54) is 4.57 Å². The lowest BCUT2D eigenvalue weighted by Crippen LogP contribution is -2.33. The molecule has 4 N–H and O–H groups in total. The SMILES string of the molecule is CCn1c(=O)[nH]c2ccc(C(=O)NCC(N)=O)cc21. The number of benzene rings is 1. The highest BCUT2D eigenvalue weighted by molar-refractivity contribution is 5.98. The lowest BCUT2D eigenvalue weighted by atomic mass is 10.2. The van der Waals surface area contributed by atoms with Crippen molar-refractivity contribution in [2.75, 3.05) is 6.54 Å². The van der Waals surface area contributed by atoms with Gasteiger partial charge in [-0.3, -0.25) is 14.2 Å². The fourth-order valence-electron chi connectivity index (χ4n) is 1.88. The summed E-state index contributed by atoms with van der Waals surface area (Å²) in [6.07, 6.45) is 0. The third-order valence-electron chi connectivity index (χ3n) is 2.78. The van der Waals surface area contributed by atoms with Gasteiger partial charge in [-0.05, 0) is 25.1 Å². The van der Waals surface area contributed by atoms with Crippen molar-refractivity contribution in [2.45, 2.75) is 13.5 Å². The number of nitrogens with zero attached hydrogens (tertiary/aromatic N) is 1. The molecule has 0 saturated carbocycles. The molecule has 0 aliphatic rings. The standard InChI is InChI=1S/C12H14N4O3/c1-2-16-9-5-7(11(18)14-6-10(13)17)3-4-8(9)15-12(16)19/h3-5H,2,6H2,1H3,(H2,13,17)(H,14,18)(H,15,19). The molecule has 0 radical (unpaired) electrons. The third kappa shape index (κ3) is 2.49. The normalized spacial score (nSPS) is 10.6. The van der Waals surface area contributed by atoms with Crippen LogP contribution < -0.4 is 16.7 Å². The highest BCUT2D eigenvalue weighted by Crippen LogP contribution is 2.12. The minimum absolute atomic E-state index is 0.216. The van der Waals surface area contributed by atoms with Gasteiger partial charge in [0.1, 0.15) is 0 Å². The van der Waals surface area contributed by atoms with E-state index in [9.17, 15) is 14.4 Å². The molecule has 0 aliphatic heterocycles. The maximum Gasteiger partial charge on any atom is 0.326 e. The Morgan fingerprint density at radius 3 is 2.79 bits per heavy atom. The first-order chi connectivity index (χ1) is 9.02. The van der Waals surface area contributed by atoms with Gasteiger partial charge >= 0.3 is 5.69 Å². The Morgan fingerprint density at radius 1 is 1.42 bits per heavy atom. The fraction of sp³-hybridized carbons (Fsp3) is 0.250. The van der Waals surface area contributed by atoms with Crippen molar-refractivity contribution in [1.82, 2.24) is 14.9 Å². The topological polar surface area (TPSA) is 110 Å². The van der Waals surface area contributed by atoms with Gasteiger partial charge in [0.15, 0.2) is 0 Å². The van der Waals surface area contributed by atoms with E-state index < -0.39 is 11.8 Å². The van der Waals surface area contributed by atoms with E-state index in [1.807, 2.05) is 6.92 Å². The molecule has 0 atom stereocenters. The van der Waals surface area contributed by atoms with Crippen molar-refractivity contribution in [3.8, 4) is 0 Å². The molecule has 1 aromatic carbocycles. The minimum Gasteiger partial charge on any atom is -0.368 e. The molecule has 7 heteroatoms. The van der Waals surface area contributed by atoms with Gasteiger partial charge in [0, 0.05) is 12.1 Å². The van der Waals surface area contributed by atoms with Crippen LogP contribution in [0.1, 0.15) is 17.3 Å². The molecule has 1 aromatic heterocycles. The largest absolute Gasteiger partial charge is 0.368 e. The number of H-pyrrole nitrogens is 1. The van der Waals surface area contributed by atoms with E-state index in [0.29, 0.717) is 23.1 Å². The summed E-state index contributed by atoms with van der Waals surface area (Å²) in [5, 5.41) is 2.40. The number of nitrogens with two attached hydrogens (primary N) is 1. The Morgan fingerprint density at radius 2 is 2.16 bits per heavy atom. The fourth-order valence-corrected chi connectivity index (χ4v) is 1.88. The zero-order chi connectivity index (χ0) is 14.0. The molecule has 19 heavy (non-hydrogen) atoms. The van der Waals surface area contributed by atoms with Crippen LogP contribution in [0.25, 0.3) is 11.0 Å². The molecule has 0 fully saturated rings. The second kappa shape index (κ2) is 4.97. The average molecular weight is 262 g/mol. The van der Waals surface area contributed by atoms with Gasteiger partial charge in [-0.15, -0.1) is 0 Å².